The zero-order valence-electron chi connectivity index (χ0n) is 16.0. The summed E-state index contributed by atoms with van der Waals surface area (Å²) in [6, 6.07) is 0.0602. The molecule has 0 aliphatic carbocycles. The number of carbonyl (C=O) groups excluding carboxylic acids is 1. The minimum absolute atomic E-state index is 0.00433. The Morgan fingerprint density at radius 3 is 2.38 bits per heavy atom. The van der Waals surface area contributed by atoms with Crippen molar-refractivity contribution in [2.75, 3.05) is 18.0 Å². The second-order valence-corrected chi connectivity index (χ2v) is 8.02. The molecule has 2 fully saturated rings. The number of carbonyl (C=O) groups is 1. The average molecular weight is 412 g/mol. The van der Waals surface area contributed by atoms with E-state index in [0.717, 1.165) is 6.42 Å². The second-order valence-electron chi connectivity index (χ2n) is 8.02. The van der Waals surface area contributed by atoms with E-state index in [0.29, 0.717) is 19.0 Å². The van der Waals surface area contributed by atoms with E-state index in [4.69, 9.17) is 4.74 Å². The van der Waals surface area contributed by atoms with Crippen molar-refractivity contribution in [2.24, 2.45) is 0 Å². The van der Waals surface area contributed by atoms with Crippen LogP contribution in [0.25, 0.3) is 11.4 Å². The minimum Gasteiger partial charge on any atom is -0.444 e. The highest BCUT2D eigenvalue weighted by Crippen LogP contribution is 2.34. The molecule has 4 heterocycles. The van der Waals surface area contributed by atoms with Gasteiger partial charge in [0.25, 0.3) is 0 Å². The Balaban J connectivity index is 1.43. The summed E-state index contributed by atoms with van der Waals surface area (Å²) in [7, 11) is 0. The molecular formula is C17H19F3N6O3. The number of likely N-dealkylation sites (tertiary alicyclic amines) is 1. The zero-order valence-corrected chi connectivity index (χ0v) is 16.0. The maximum Gasteiger partial charge on any atom is 0.471 e. The molecule has 2 unspecified atom stereocenters. The van der Waals surface area contributed by atoms with Gasteiger partial charge < -0.3 is 19.1 Å². The van der Waals surface area contributed by atoms with Gasteiger partial charge in [-0.25, -0.2) is 14.8 Å². The Hall–Kier alpha value is -2.92. The smallest absolute Gasteiger partial charge is 0.444 e. The molecule has 2 aromatic heterocycles. The van der Waals surface area contributed by atoms with Gasteiger partial charge in [-0.1, -0.05) is 5.16 Å². The number of hydrogen-bond donors (Lipinski definition) is 0. The van der Waals surface area contributed by atoms with Gasteiger partial charge in [0.2, 0.25) is 11.8 Å². The molecular weight excluding hydrogens is 393 g/mol. The highest BCUT2D eigenvalue weighted by Gasteiger charge is 2.47. The van der Waals surface area contributed by atoms with Gasteiger partial charge in [-0.15, -0.1) is 0 Å². The predicted molar refractivity (Wildman–Crippen MR) is 92.8 cm³/mol. The standard InChI is InChI=1S/C17H19F3N6O3/c1-16(2,3)28-15(27)26-8-10-4-11(26)7-25(10)14-21-5-9(6-22-14)12-23-13(29-24-12)17(18,19)20/h5-6,10-11H,4,7-8H2,1-3H3. The average Bonchev–Trinajstić information content (AvgIpc) is 3.34. The van der Waals surface area contributed by atoms with Gasteiger partial charge in [0.1, 0.15) is 5.60 Å². The quantitative estimate of drug-likeness (QED) is 0.743. The lowest BCUT2D eigenvalue weighted by atomic mass is 10.2. The van der Waals surface area contributed by atoms with Gasteiger partial charge in [0.15, 0.2) is 0 Å². The number of anilines is 1. The molecule has 156 valence electrons. The first-order valence-corrected chi connectivity index (χ1v) is 9.01. The molecule has 2 saturated heterocycles. The third-order valence-electron chi connectivity index (χ3n) is 4.69. The summed E-state index contributed by atoms with van der Waals surface area (Å²) in [6.07, 6.45) is -1.56. The Labute approximate surface area is 163 Å². The van der Waals surface area contributed by atoms with Gasteiger partial charge in [-0.05, 0) is 27.2 Å². The van der Waals surface area contributed by atoms with Crippen molar-refractivity contribution < 1.29 is 27.2 Å². The summed E-state index contributed by atoms with van der Waals surface area (Å²) < 4.78 is 47.4. The lowest BCUT2D eigenvalue weighted by Gasteiger charge is -2.35. The van der Waals surface area contributed by atoms with Crippen molar-refractivity contribution in [1.29, 1.82) is 0 Å². The van der Waals surface area contributed by atoms with Crippen LogP contribution in [0.3, 0.4) is 0 Å². The summed E-state index contributed by atoms with van der Waals surface area (Å²) in [4.78, 5) is 27.8. The highest BCUT2D eigenvalue weighted by atomic mass is 19.4. The van der Waals surface area contributed by atoms with Crippen LogP contribution in [0.4, 0.5) is 23.9 Å². The van der Waals surface area contributed by atoms with Crippen molar-refractivity contribution in [3.05, 3.63) is 18.3 Å². The number of nitrogens with zero attached hydrogens (tertiary/aromatic N) is 6. The van der Waals surface area contributed by atoms with E-state index < -0.39 is 17.7 Å². The third-order valence-corrected chi connectivity index (χ3v) is 4.69. The van der Waals surface area contributed by atoms with Gasteiger partial charge in [0.05, 0.1) is 17.6 Å². The van der Waals surface area contributed by atoms with E-state index in [1.54, 1.807) is 4.90 Å². The van der Waals surface area contributed by atoms with Crippen LogP contribution in [0.1, 0.15) is 33.1 Å². The molecule has 12 heteroatoms. The molecule has 29 heavy (non-hydrogen) atoms. The van der Waals surface area contributed by atoms with Gasteiger partial charge in [0, 0.05) is 25.5 Å². The lowest BCUT2D eigenvalue weighted by molar-refractivity contribution is -0.159. The Kier molecular flexibility index (Phi) is 4.39. The molecule has 0 aromatic carbocycles. The highest BCUT2D eigenvalue weighted by molar-refractivity contribution is 5.70. The molecule has 1 amide bonds. The first-order chi connectivity index (χ1) is 13.5. The molecule has 2 bridgehead atoms. The van der Waals surface area contributed by atoms with E-state index >= 15 is 0 Å². The number of alkyl halides is 3. The van der Waals surface area contributed by atoms with Gasteiger partial charge in [-0.3, -0.25) is 0 Å². The summed E-state index contributed by atoms with van der Waals surface area (Å²) in [5, 5.41) is 3.32. The number of halogens is 3. The first kappa shape index (κ1) is 19.4. The lowest BCUT2D eigenvalue weighted by Crippen LogP contribution is -2.50. The normalized spacial score (nSPS) is 21.7. The summed E-state index contributed by atoms with van der Waals surface area (Å²) in [6.45, 7) is 6.53. The van der Waals surface area contributed by atoms with Crippen LogP contribution in [-0.2, 0) is 10.9 Å². The number of ether oxygens (including phenoxy) is 1. The number of aromatic nitrogens is 4. The van der Waals surface area contributed by atoms with Crippen molar-refractivity contribution in [1.82, 2.24) is 25.0 Å². The fraction of sp³-hybridized carbons (Fsp3) is 0.588. The SMILES string of the molecule is CC(C)(C)OC(=O)N1CC2CC1CN2c1ncc(-c2noc(C(F)(F)F)n2)cn1. The largest absolute Gasteiger partial charge is 0.471 e. The molecule has 2 aliphatic heterocycles. The zero-order chi connectivity index (χ0) is 21.0. The first-order valence-electron chi connectivity index (χ1n) is 9.01. The van der Waals surface area contributed by atoms with E-state index in [1.165, 1.54) is 12.4 Å². The maximum absolute atomic E-state index is 12.6. The van der Waals surface area contributed by atoms with Crippen LogP contribution in [0.2, 0.25) is 0 Å². The van der Waals surface area contributed by atoms with Crippen LogP contribution in [0.15, 0.2) is 16.9 Å². The fourth-order valence-corrected chi connectivity index (χ4v) is 3.50. The van der Waals surface area contributed by atoms with E-state index in [2.05, 4.69) is 24.6 Å². The van der Waals surface area contributed by atoms with Crippen molar-refractivity contribution >= 4 is 12.0 Å². The number of hydrogen-bond acceptors (Lipinski definition) is 8. The monoisotopic (exact) mass is 412 g/mol. The minimum atomic E-state index is -4.71. The van der Waals surface area contributed by atoms with Crippen LogP contribution < -0.4 is 4.90 Å². The topological polar surface area (TPSA) is 97.5 Å². The van der Waals surface area contributed by atoms with Crippen molar-refractivity contribution in [3.63, 3.8) is 0 Å². The molecule has 0 radical (unpaired) electrons. The van der Waals surface area contributed by atoms with E-state index in [-0.39, 0.29) is 29.6 Å². The molecule has 2 aromatic rings. The summed E-state index contributed by atoms with van der Waals surface area (Å²) in [5.74, 6) is -1.22. The van der Waals surface area contributed by atoms with Crippen LogP contribution >= 0.6 is 0 Å². The molecule has 0 spiro atoms. The number of fused-ring (bicyclic) bond motifs is 2. The number of rotatable bonds is 2. The number of piperazine rings is 1. The maximum atomic E-state index is 12.6. The Morgan fingerprint density at radius 2 is 1.86 bits per heavy atom. The van der Waals surface area contributed by atoms with Gasteiger partial charge >= 0.3 is 18.2 Å². The molecule has 4 rings (SSSR count). The second kappa shape index (κ2) is 6.56. The third kappa shape index (κ3) is 3.83. The molecule has 2 aliphatic rings. The summed E-state index contributed by atoms with van der Waals surface area (Å²) in [5.41, 5.74) is -0.341. The summed E-state index contributed by atoms with van der Waals surface area (Å²) >= 11 is 0. The van der Waals surface area contributed by atoms with Crippen LogP contribution in [0, 0.1) is 0 Å². The van der Waals surface area contributed by atoms with Crippen molar-refractivity contribution in [2.45, 2.75) is 51.1 Å². The van der Waals surface area contributed by atoms with E-state index in [9.17, 15) is 18.0 Å². The molecule has 9 nitrogen and oxygen atoms in total. The Morgan fingerprint density at radius 1 is 1.17 bits per heavy atom. The Bertz CT molecular complexity index is 908. The van der Waals surface area contributed by atoms with E-state index in [1.807, 2.05) is 25.7 Å². The molecule has 0 saturated carbocycles. The van der Waals surface area contributed by atoms with Crippen molar-refractivity contribution in [3.8, 4) is 11.4 Å². The molecule has 2 atom stereocenters. The predicted octanol–water partition coefficient (Wildman–Crippen LogP) is 2.74. The number of amides is 1. The molecule has 0 N–H and O–H groups in total. The van der Waals surface area contributed by atoms with Gasteiger partial charge in [-0.2, -0.15) is 18.2 Å². The van der Waals surface area contributed by atoms with Crippen LogP contribution in [-0.4, -0.2) is 61.9 Å². The van der Waals surface area contributed by atoms with Crippen LogP contribution in [0.5, 0.6) is 0 Å². The fourth-order valence-electron chi connectivity index (χ4n) is 3.50.